The number of hydrogen-bond donors (Lipinski definition) is 3. The molecule has 1 heterocycles. The lowest BCUT2D eigenvalue weighted by Crippen LogP contribution is -2.25. The van der Waals surface area contributed by atoms with Crippen LogP contribution in [0.25, 0.3) is 11.0 Å². The van der Waals surface area contributed by atoms with Crippen LogP contribution in [0.4, 0.5) is 19.1 Å². The SMILES string of the molecule is O=C(Nc1nc2cc(CO)ccc2n1[C@H]1CC[C@@H](C(=O)O)CC1)c1cccc(C(F)(F)F)c1. The van der Waals surface area contributed by atoms with E-state index in [1.54, 1.807) is 22.8 Å². The third-order valence-electron chi connectivity index (χ3n) is 6.02. The molecular weight excluding hydrogens is 439 g/mol. The van der Waals surface area contributed by atoms with Crippen LogP contribution in [0.5, 0.6) is 0 Å². The number of carboxylic acids is 1. The van der Waals surface area contributed by atoms with E-state index in [1.165, 1.54) is 12.1 Å². The first kappa shape index (κ1) is 22.8. The van der Waals surface area contributed by atoms with Crippen molar-refractivity contribution >= 4 is 28.9 Å². The highest BCUT2D eigenvalue weighted by molar-refractivity contribution is 6.04. The molecule has 0 aliphatic heterocycles. The minimum Gasteiger partial charge on any atom is -0.481 e. The van der Waals surface area contributed by atoms with E-state index in [0.717, 1.165) is 12.1 Å². The summed E-state index contributed by atoms with van der Waals surface area (Å²) < 4.78 is 41.0. The number of fused-ring (bicyclic) bond motifs is 1. The zero-order chi connectivity index (χ0) is 23.8. The Bertz CT molecular complexity index is 1200. The smallest absolute Gasteiger partial charge is 0.416 e. The monoisotopic (exact) mass is 461 g/mol. The predicted octanol–water partition coefficient (Wildman–Crippen LogP) is 4.62. The van der Waals surface area contributed by atoms with Crippen molar-refractivity contribution in [3.63, 3.8) is 0 Å². The lowest BCUT2D eigenvalue weighted by molar-refractivity contribution is -0.143. The van der Waals surface area contributed by atoms with Crippen LogP contribution >= 0.6 is 0 Å². The number of carboxylic acid groups (broad SMARTS) is 1. The number of aliphatic hydroxyl groups is 1. The number of carbonyl (C=O) groups is 2. The molecule has 0 saturated heterocycles. The quantitative estimate of drug-likeness (QED) is 0.515. The van der Waals surface area contributed by atoms with Crippen LogP contribution in [-0.2, 0) is 17.6 Å². The summed E-state index contributed by atoms with van der Waals surface area (Å²) in [6.07, 6.45) is -2.54. The van der Waals surface area contributed by atoms with Crippen molar-refractivity contribution in [1.82, 2.24) is 9.55 Å². The third-order valence-corrected chi connectivity index (χ3v) is 6.02. The van der Waals surface area contributed by atoms with Gasteiger partial charge >= 0.3 is 12.1 Å². The van der Waals surface area contributed by atoms with Gasteiger partial charge in [0.25, 0.3) is 5.91 Å². The summed E-state index contributed by atoms with van der Waals surface area (Å²) in [4.78, 5) is 28.6. The van der Waals surface area contributed by atoms with Crippen LogP contribution in [-0.4, -0.2) is 31.6 Å². The molecule has 7 nitrogen and oxygen atoms in total. The summed E-state index contributed by atoms with van der Waals surface area (Å²) >= 11 is 0. The average Bonchev–Trinajstić information content (AvgIpc) is 3.15. The van der Waals surface area contributed by atoms with Gasteiger partial charge in [-0.1, -0.05) is 12.1 Å². The van der Waals surface area contributed by atoms with Gasteiger partial charge in [-0.25, -0.2) is 4.98 Å². The van der Waals surface area contributed by atoms with Crippen LogP contribution in [0, 0.1) is 5.92 Å². The van der Waals surface area contributed by atoms with Gasteiger partial charge in [0.2, 0.25) is 5.95 Å². The van der Waals surface area contributed by atoms with E-state index in [0.29, 0.717) is 42.3 Å². The second kappa shape index (κ2) is 8.86. The normalized spacial score (nSPS) is 18.9. The van der Waals surface area contributed by atoms with E-state index < -0.39 is 29.5 Å². The van der Waals surface area contributed by atoms with Crippen molar-refractivity contribution in [2.45, 2.75) is 44.5 Å². The number of amides is 1. The Morgan fingerprint density at radius 2 is 1.82 bits per heavy atom. The molecule has 0 spiro atoms. The molecule has 1 aliphatic carbocycles. The molecular formula is C23H22F3N3O4. The molecule has 0 bridgehead atoms. The number of imidazole rings is 1. The maximum Gasteiger partial charge on any atom is 0.416 e. The Morgan fingerprint density at radius 3 is 2.45 bits per heavy atom. The number of halogens is 3. The highest BCUT2D eigenvalue weighted by atomic mass is 19.4. The fraction of sp³-hybridized carbons (Fsp3) is 0.348. The Labute approximate surface area is 186 Å². The van der Waals surface area contributed by atoms with E-state index in [2.05, 4.69) is 10.3 Å². The zero-order valence-electron chi connectivity index (χ0n) is 17.5. The molecule has 3 aromatic rings. The number of hydrogen-bond acceptors (Lipinski definition) is 4. The average molecular weight is 461 g/mol. The predicted molar refractivity (Wildman–Crippen MR) is 114 cm³/mol. The van der Waals surface area contributed by atoms with Crippen molar-refractivity contribution in [2.75, 3.05) is 5.32 Å². The zero-order valence-corrected chi connectivity index (χ0v) is 17.5. The number of carbonyl (C=O) groups excluding carboxylic acids is 1. The second-order valence-corrected chi connectivity index (χ2v) is 8.16. The molecule has 1 fully saturated rings. The van der Waals surface area contributed by atoms with E-state index in [9.17, 15) is 33.0 Å². The number of benzene rings is 2. The molecule has 10 heteroatoms. The summed E-state index contributed by atoms with van der Waals surface area (Å²) in [7, 11) is 0. The van der Waals surface area contributed by atoms with Gasteiger partial charge in [-0.3, -0.25) is 14.9 Å². The van der Waals surface area contributed by atoms with Gasteiger partial charge in [-0.05, 0) is 61.6 Å². The second-order valence-electron chi connectivity index (χ2n) is 8.16. The van der Waals surface area contributed by atoms with Crippen LogP contribution in [0.15, 0.2) is 42.5 Å². The molecule has 2 aromatic carbocycles. The number of aliphatic carboxylic acids is 1. The number of nitrogens with one attached hydrogen (secondary N) is 1. The summed E-state index contributed by atoms with van der Waals surface area (Å²) in [6.45, 7) is -0.196. The van der Waals surface area contributed by atoms with Gasteiger partial charge in [-0.2, -0.15) is 13.2 Å². The van der Waals surface area contributed by atoms with Gasteiger partial charge in [0.1, 0.15) is 0 Å². The van der Waals surface area contributed by atoms with Gasteiger partial charge in [-0.15, -0.1) is 0 Å². The number of alkyl halides is 3. The van der Waals surface area contributed by atoms with E-state index in [4.69, 9.17) is 0 Å². The summed E-state index contributed by atoms with van der Waals surface area (Å²) in [5.41, 5.74) is 0.737. The molecule has 33 heavy (non-hydrogen) atoms. The summed E-state index contributed by atoms with van der Waals surface area (Å²) in [6, 6.07) is 9.16. The van der Waals surface area contributed by atoms with Crippen LogP contribution in [0.2, 0.25) is 0 Å². The van der Waals surface area contributed by atoms with Crippen molar-refractivity contribution < 1.29 is 33.0 Å². The Kier molecular flexibility index (Phi) is 6.11. The molecule has 1 amide bonds. The first-order chi connectivity index (χ1) is 15.7. The molecule has 1 saturated carbocycles. The van der Waals surface area contributed by atoms with E-state index in [1.807, 2.05) is 0 Å². The number of aromatic nitrogens is 2. The maximum atomic E-state index is 13.1. The van der Waals surface area contributed by atoms with Crippen molar-refractivity contribution in [3.05, 3.63) is 59.2 Å². The van der Waals surface area contributed by atoms with Crippen LogP contribution < -0.4 is 5.32 Å². The lowest BCUT2D eigenvalue weighted by atomic mass is 9.86. The Balaban J connectivity index is 1.69. The van der Waals surface area contributed by atoms with Gasteiger partial charge < -0.3 is 14.8 Å². The van der Waals surface area contributed by atoms with E-state index in [-0.39, 0.29) is 24.2 Å². The van der Waals surface area contributed by atoms with Crippen molar-refractivity contribution in [3.8, 4) is 0 Å². The summed E-state index contributed by atoms with van der Waals surface area (Å²) in [5.74, 6) is -1.84. The van der Waals surface area contributed by atoms with Crippen LogP contribution in [0.3, 0.4) is 0 Å². The number of anilines is 1. The maximum absolute atomic E-state index is 13.1. The molecule has 3 N–H and O–H groups in total. The first-order valence-electron chi connectivity index (χ1n) is 10.5. The fourth-order valence-corrected chi connectivity index (χ4v) is 4.29. The standard InChI is InChI=1S/C23H22F3N3O4/c24-23(25,26)16-3-1-2-15(11-16)20(31)28-22-27-18-10-13(12-30)4-9-19(18)29(22)17-7-5-14(6-8-17)21(32)33/h1-4,9-11,14,17,30H,5-8,12H2,(H,32,33)(H,27,28,31)/t14-,17+. The Morgan fingerprint density at radius 1 is 1.09 bits per heavy atom. The molecule has 1 aromatic heterocycles. The fourth-order valence-electron chi connectivity index (χ4n) is 4.29. The minimum atomic E-state index is -4.58. The van der Waals surface area contributed by atoms with Gasteiger partial charge in [0.15, 0.2) is 0 Å². The Hall–Kier alpha value is -3.40. The van der Waals surface area contributed by atoms with Crippen molar-refractivity contribution in [1.29, 1.82) is 0 Å². The highest BCUT2D eigenvalue weighted by Gasteiger charge is 2.32. The molecule has 0 atom stereocenters. The molecule has 0 unspecified atom stereocenters. The van der Waals surface area contributed by atoms with Gasteiger partial charge in [0, 0.05) is 11.6 Å². The third kappa shape index (κ3) is 4.70. The van der Waals surface area contributed by atoms with Gasteiger partial charge in [0.05, 0.1) is 29.1 Å². The van der Waals surface area contributed by atoms with Crippen LogP contribution in [0.1, 0.15) is 53.2 Å². The largest absolute Gasteiger partial charge is 0.481 e. The number of aliphatic hydroxyl groups excluding tert-OH is 1. The number of rotatable bonds is 5. The lowest BCUT2D eigenvalue weighted by Gasteiger charge is -2.28. The highest BCUT2D eigenvalue weighted by Crippen LogP contribution is 2.37. The topological polar surface area (TPSA) is 104 Å². The minimum absolute atomic E-state index is 0.137. The first-order valence-corrected chi connectivity index (χ1v) is 10.5. The molecule has 4 rings (SSSR count). The van der Waals surface area contributed by atoms with E-state index >= 15 is 0 Å². The summed E-state index contributed by atoms with van der Waals surface area (Å²) in [5, 5.41) is 21.4. The number of nitrogens with zero attached hydrogens (tertiary/aromatic N) is 2. The molecule has 174 valence electrons. The molecule has 1 aliphatic rings. The molecule has 0 radical (unpaired) electrons. The van der Waals surface area contributed by atoms with Crippen molar-refractivity contribution in [2.24, 2.45) is 5.92 Å².